The van der Waals surface area contributed by atoms with Gasteiger partial charge in [-0.1, -0.05) is 26.0 Å². The highest BCUT2D eigenvalue weighted by molar-refractivity contribution is 7.80. The first-order valence-corrected chi connectivity index (χ1v) is 8.91. The molecule has 0 saturated carbocycles. The van der Waals surface area contributed by atoms with Gasteiger partial charge in [-0.05, 0) is 42.8 Å². The predicted molar refractivity (Wildman–Crippen MR) is 105 cm³/mol. The lowest BCUT2D eigenvalue weighted by Gasteiger charge is -2.35. The first kappa shape index (κ1) is 19.9. The Balaban J connectivity index is 2.42. The Kier molecular flexibility index (Phi) is 6.37. The summed E-state index contributed by atoms with van der Waals surface area (Å²) in [5, 5.41) is 6.48. The quantitative estimate of drug-likeness (QED) is 0.609. The molecule has 140 valence electrons. The lowest BCUT2D eigenvalue weighted by Crippen LogP contribution is -2.46. The Bertz CT molecular complexity index is 758. The Morgan fingerprint density at radius 2 is 2.08 bits per heavy atom. The van der Waals surface area contributed by atoms with Crippen LogP contribution in [0.25, 0.3) is 0 Å². The molecular weight excluding hydrogens is 350 g/mol. The van der Waals surface area contributed by atoms with Crippen LogP contribution in [0.2, 0.25) is 0 Å². The topological polar surface area (TPSA) is 70.7 Å². The molecule has 26 heavy (non-hydrogen) atoms. The van der Waals surface area contributed by atoms with Gasteiger partial charge in [0.1, 0.15) is 0 Å². The van der Waals surface area contributed by atoms with Crippen LogP contribution in [-0.2, 0) is 14.3 Å². The van der Waals surface area contributed by atoms with E-state index in [1.54, 1.807) is 11.0 Å². The van der Waals surface area contributed by atoms with Gasteiger partial charge in [0.05, 0.1) is 18.2 Å². The maximum atomic E-state index is 12.8. The van der Waals surface area contributed by atoms with Gasteiger partial charge in [-0.15, -0.1) is 0 Å². The molecule has 1 aromatic rings. The number of ether oxygens (including phenoxy) is 1. The van der Waals surface area contributed by atoms with E-state index >= 15 is 0 Å². The molecule has 1 aliphatic heterocycles. The summed E-state index contributed by atoms with van der Waals surface area (Å²) in [5.41, 5.74) is 2.75. The number of anilines is 1. The zero-order valence-electron chi connectivity index (χ0n) is 15.8. The van der Waals surface area contributed by atoms with Crippen LogP contribution in [-0.4, -0.2) is 35.5 Å². The molecule has 1 amide bonds. The van der Waals surface area contributed by atoms with Crippen molar-refractivity contribution in [2.75, 3.05) is 19.0 Å². The third kappa shape index (κ3) is 4.60. The number of amides is 1. The fourth-order valence-corrected chi connectivity index (χ4v) is 2.92. The van der Waals surface area contributed by atoms with Gasteiger partial charge in [0.25, 0.3) is 0 Å². The average Bonchev–Trinajstić information content (AvgIpc) is 2.57. The second-order valence-electron chi connectivity index (χ2n) is 6.74. The minimum Gasteiger partial charge on any atom is -0.462 e. The van der Waals surface area contributed by atoms with Crippen molar-refractivity contribution in [2.24, 2.45) is 5.92 Å². The summed E-state index contributed by atoms with van der Waals surface area (Å²) in [4.78, 5) is 25.8. The Hall–Kier alpha value is -2.41. The zero-order valence-corrected chi connectivity index (χ0v) is 16.6. The molecule has 1 aromatic carbocycles. The Morgan fingerprint density at radius 1 is 1.38 bits per heavy atom. The summed E-state index contributed by atoms with van der Waals surface area (Å²) < 4.78 is 5.47. The van der Waals surface area contributed by atoms with Crippen LogP contribution in [0.5, 0.6) is 0 Å². The molecule has 2 N–H and O–H groups in total. The SMILES string of the molecule is CC(=O)Nc1cccc(C2NC(=S)N(C)C(C)=C2C(=O)OCC(C)C)c1. The summed E-state index contributed by atoms with van der Waals surface area (Å²) >= 11 is 5.39. The first-order valence-electron chi connectivity index (χ1n) is 8.50. The second kappa shape index (κ2) is 8.31. The van der Waals surface area contributed by atoms with E-state index in [1.807, 2.05) is 46.0 Å². The molecular formula is C19H25N3O3S. The van der Waals surface area contributed by atoms with Crippen LogP contribution in [0.15, 0.2) is 35.5 Å². The fourth-order valence-electron chi connectivity index (χ4n) is 2.67. The molecule has 0 aliphatic carbocycles. The van der Waals surface area contributed by atoms with Gasteiger partial charge < -0.3 is 20.3 Å². The molecule has 0 spiro atoms. The van der Waals surface area contributed by atoms with E-state index in [2.05, 4.69) is 10.6 Å². The smallest absolute Gasteiger partial charge is 0.338 e. The van der Waals surface area contributed by atoms with Crippen molar-refractivity contribution in [3.8, 4) is 0 Å². The van der Waals surface area contributed by atoms with Gasteiger partial charge in [0.15, 0.2) is 5.11 Å². The molecule has 0 saturated heterocycles. The number of rotatable bonds is 5. The molecule has 2 rings (SSSR count). The van der Waals surface area contributed by atoms with E-state index < -0.39 is 6.04 Å². The summed E-state index contributed by atoms with van der Waals surface area (Å²) in [6.45, 7) is 7.63. The first-order chi connectivity index (χ1) is 12.2. The van der Waals surface area contributed by atoms with Crippen molar-refractivity contribution in [2.45, 2.75) is 33.7 Å². The van der Waals surface area contributed by atoms with Crippen LogP contribution >= 0.6 is 12.2 Å². The summed E-state index contributed by atoms with van der Waals surface area (Å²) in [5.74, 6) is -0.276. The number of esters is 1. The van der Waals surface area contributed by atoms with Gasteiger partial charge in [0.2, 0.25) is 5.91 Å². The molecule has 0 radical (unpaired) electrons. The highest BCUT2D eigenvalue weighted by Crippen LogP contribution is 2.32. The van der Waals surface area contributed by atoms with Crippen molar-refractivity contribution >= 4 is 34.9 Å². The number of benzene rings is 1. The van der Waals surface area contributed by atoms with Gasteiger partial charge in [0, 0.05) is 25.4 Å². The third-order valence-electron chi connectivity index (χ3n) is 4.06. The van der Waals surface area contributed by atoms with Gasteiger partial charge in [-0.3, -0.25) is 4.79 Å². The summed E-state index contributed by atoms with van der Waals surface area (Å²) in [7, 11) is 1.81. The highest BCUT2D eigenvalue weighted by atomic mass is 32.1. The molecule has 0 fully saturated rings. The fraction of sp³-hybridized carbons (Fsp3) is 0.421. The van der Waals surface area contributed by atoms with E-state index in [0.29, 0.717) is 23.0 Å². The van der Waals surface area contributed by atoms with Crippen molar-refractivity contribution < 1.29 is 14.3 Å². The molecule has 0 aromatic heterocycles. The average molecular weight is 375 g/mol. The lowest BCUT2D eigenvalue weighted by atomic mass is 9.94. The van der Waals surface area contributed by atoms with E-state index in [4.69, 9.17) is 17.0 Å². The lowest BCUT2D eigenvalue weighted by molar-refractivity contribution is -0.140. The van der Waals surface area contributed by atoms with E-state index in [0.717, 1.165) is 11.3 Å². The molecule has 1 aliphatic rings. The van der Waals surface area contributed by atoms with Crippen LogP contribution in [0.3, 0.4) is 0 Å². The Labute approximate surface area is 159 Å². The number of thiocarbonyl (C=S) groups is 1. The molecule has 1 heterocycles. The third-order valence-corrected chi connectivity index (χ3v) is 4.45. The number of allylic oxidation sites excluding steroid dienone is 1. The molecule has 1 unspecified atom stereocenters. The molecule has 0 bridgehead atoms. The second-order valence-corrected chi connectivity index (χ2v) is 7.13. The van der Waals surface area contributed by atoms with Gasteiger partial charge in [-0.25, -0.2) is 4.79 Å². The monoisotopic (exact) mass is 375 g/mol. The van der Waals surface area contributed by atoms with Crippen molar-refractivity contribution in [1.29, 1.82) is 0 Å². The normalized spacial score (nSPS) is 17.2. The van der Waals surface area contributed by atoms with Crippen LogP contribution in [0.1, 0.15) is 39.3 Å². The number of nitrogens with one attached hydrogen (secondary N) is 2. The summed E-state index contributed by atoms with van der Waals surface area (Å²) in [6, 6.07) is 6.91. The van der Waals surface area contributed by atoms with Crippen LogP contribution in [0, 0.1) is 5.92 Å². The minimum absolute atomic E-state index is 0.155. The standard InChI is InChI=1S/C19H25N3O3S/c1-11(2)10-25-18(24)16-12(3)22(5)19(26)21-17(16)14-7-6-8-15(9-14)20-13(4)23/h6-9,11,17H,10H2,1-5H3,(H,20,23)(H,21,26). The summed E-state index contributed by atoms with van der Waals surface area (Å²) in [6.07, 6.45) is 0. The molecule has 1 atom stereocenters. The highest BCUT2D eigenvalue weighted by Gasteiger charge is 2.33. The van der Waals surface area contributed by atoms with E-state index in [-0.39, 0.29) is 17.8 Å². The molecule has 6 nitrogen and oxygen atoms in total. The number of carbonyl (C=O) groups excluding carboxylic acids is 2. The van der Waals surface area contributed by atoms with E-state index in [9.17, 15) is 9.59 Å². The maximum Gasteiger partial charge on any atom is 0.338 e. The van der Waals surface area contributed by atoms with Crippen molar-refractivity contribution in [3.05, 3.63) is 41.1 Å². The maximum absolute atomic E-state index is 12.8. The number of carbonyl (C=O) groups is 2. The number of hydrogen-bond donors (Lipinski definition) is 2. The number of nitrogens with zero attached hydrogens (tertiary/aromatic N) is 1. The van der Waals surface area contributed by atoms with Crippen LogP contribution < -0.4 is 10.6 Å². The predicted octanol–water partition coefficient (Wildman–Crippen LogP) is 2.98. The number of hydrogen-bond acceptors (Lipinski definition) is 4. The van der Waals surface area contributed by atoms with E-state index in [1.165, 1.54) is 6.92 Å². The van der Waals surface area contributed by atoms with Crippen LogP contribution in [0.4, 0.5) is 5.69 Å². The minimum atomic E-state index is -0.438. The largest absolute Gasteiger partial charge is 0.462 e. The Morgan fingerprint density at radius 3 is 2.69 bits per heavy atom. The van der Waals surface area contributed by atoms with Gasteiger partial charge in [-0.2, -0.15) is 0 Å². The van der Waals surface area contributed by atoms with Crippen molar-refractivity contribution in [3.63, 3.8) is 0 Å². The molecule has 7 heteroatoms. The van der Waals surface area contributed by atoms with Crippen molar-refractivity contribution in [1.82, 2.24) is 10.2 Å². The van der Waals surface area contributed by atoms with Gasteiger partial charge >= 0.3 is 5.97 Å². The zero-order chi connectivity index (χ0) is 19.4.